The first-order valence-corrected chi connectivity index (χ1v) is 7.75. The molecule has 0 saturated heterocycles. The lowest BCUT2D eigenvalue weighted by Gasteiger charge is -2.29. The molecule has 0 aromatic carbocycles. The Bertz CT molecular complexity index is 585. The zero-order valence-electron chi connectivity index (χ0n) is 13.8. The Hall–Kier alpha value is -1.78. The van der Waals surface area contributed by atoms with Gasteiger partial charge in [0.05, 0.1) is 6.20 Å². The number of fused-ring (bicyclic) bond motifs is 1. The van der Waals surface area contributed by atoms with Crippen molar-refractivity contribution in [3.8, 4) is 0 Å². The van der Waals surface area contributed by atoms with Crippen molar-refractivity contribution in [1.82, 2.24) is 14.4 Å². The Morgan fingerprint density at radius 2 is 2.05 bits per heavy atom. The molecule has 0 spiro atoms. The summed E-state index contributed by atoms with van der Waals surface area (Å²) in [6.07, 6.45) is 6.82. The fourth-order valence-electron chi connectivity index (χ4n) is 1.90. The van der Waals surface area contributed by atoms with Crippen LogP contribution < -0.4 is 10.6 Å². The van der Waals surface area contributed by atoms with Gasteiger partial charge in [0.1, 0.15) is 5.82 Å². The predicted octanol–water partition coefficient (Wildman–Crippen LogP) is 3.65. The van der Waals surface area contributed by atoms with E-state index in [1.165, 1.54) is 0 Å². The van der Waals surface area contributed by atoms with Gasteiger partial charge in [-0.1, -0.05) is 34.6 Å². The fraction of sp³-hybridized carbons (Fsp3) is 0.625. The molecule has 0 unspecified atom stereocenters. The zero-order chi connectivity index (χ0) is 15.5. The van der Waals surface area contributed by atoms with Crippen LogP contribution in [0.2, 0.25) is 0 Å². The van der Waals surface area contributed by atoms with E-state index in [0.717, 1.165) is 36.8 Å². The van der Waals surface area contributed by atoms with Crippen LogP contribution in [0.5, 0.6) is 0 Å². The van der Waals surface area contributed by atoms with Crippen LogP contribution in [0.3, 0.4) is 0 Å². The molecule has 5 heteroatoms. The normalized spacial score (nSPS) is 12.1. The van der Waals surface area contributed by atoms with Crippen molar-refractivity contribution in [2.45, 2.75) is 41.0 Å². The van der Waals surface area contributed by atoms with Crippen molar-refractivity contribution in [3.63, 3.8) is 0 Å². The van der Waals surface area contributed by atoms with E-state index >= 15 is 0 Å². The van der Waals surface area contributed by atoms with Crippen molar-refractivity contribution in [2.24, 2.45) is 11.3 Å². The highest BCUT2D eigenvalue weighted by Crippen LogP contribution is 2.27. The summed E-state index contributed by atoms with van der Waals surface area (Å²) in [6, 6.07) is 0. The third kappa shape index (κ3) is 3.65. The van der Waals surface area contributed by atoms with Crippen molar-refractivity contribution in [1.29, 1.82) is 0 Å². The maximum atomic E-state index is 4.67. The molecule has 0 bridgehead atoms. The summed E-state index contributed by atoms with van der Waals surface area (Å²) in [6.45, 7) is 13.0. The van der Waals surface area contributed by atoms with E-state index < -0.39 is 0 Å². The minimum Gasteiger partial charge on any atom is -0.369 e. The third-order valence-corrected chi connectivity index (χ3v) is 4.20. The number of imidazole rings is 1. The standard InChI is InChI=1S/C16H27N5/c1-6-7-17-13-10-21-9-8-18-15(21)14(20-13)19-11-16(4,5)12(2)3/h8-10,12,17H,6-7,11H2,1-5H3,(H,19,20). The van der Waals surface area contributed by atoms with Gasteiger partial charge in [-0.05, 0) is 17.8 Å². The second-order valence-electron chi connectivity index (χ2n) is 6.56. The Balaban J connectivity index is 2.22. The highest BCUT2D eigenvalue weighted by molar-refractivity contribution is 5.65. The second kappa shape index (κ2) is 6.33. The van der Waals surface area contributed by atoms with Crippen molar-refractivity contribution in [3.05, 3.63) is 18.6 Å². The van der Waals surface area contributed by atoms with Gasteiger partial charge in [0.25, 0.3) is 0 Å². The van der Waals surface area contributed by atoms with Crippen LogP contribution in [0, 0.1) is 11.3 Å². The molecule has 116 valence electrons. The SMILES string of the molecule is CCCNc1cn2ccnc2c(NCC(C)(C)C(C)C)n1. The maximum absolute atomic E-state index is 4.67. The number of aromatic nitrogens is 3. The summed E-state index contributed by atoms with van der Waals surface area (Å²) in [5.74, 6) is 2.32. The molecule has 0 aliphatic rings. The summed E-state index contributed by atoms with van der Waals surface area (Å²) >= 11 is 0. The summed E-state index contributed by atoms with van der Waals surface area (Å²) in [5.41, 5.74) is 1.08. The highest BCUT2D eigenvalue weighted by Gasteiger charge is 2.22. The van der Waals surface area contributed by atoms with Crippen molar-refractivity contribution in [2.75, 3.05) is 23.7 Å². The molecule has 2 aromatic heterocycles. The second-order valence-corrected chi connectivity index (χ2v) is 6.56. The number of rotatable bonds is 7. The Labute approximate surface area is 127 Å². The van der Waals surface area contributed by atoms with Crippen molar-refractivity contribution >= 4 is 17.3 Å². The topological polar surface area (TPSA) is 54.2 Å². The molecule has 2 N–H and O–H groups in total. The van der Waals surface area contributed by atoms with Gasteiger partial charge < -0.3 is 15.0 Å². The summed E-state index contributed by atoms with van der Waals surface area (Å²) in [5, 5.41) is 6.81. The van der Waals surface area contributed by atoms with Crippen LogP contribution in [0.1, 0.15) is 41.0 Å². The number of hydrogen-bond donors (Lipinski definition) is 2. The highest BCUT2D eigenvalue weighted by atomic mass is 15.1. The van der Waals surface area contributed by atoms with Gasteiger partial charge >= 0.3 is 0 Å². The number of anilines is 2. The predicted molar refractivity (Wildman–Crippen MR) is 88.9 cm³/mol. The molecule has 0 fully saturated rings. The third-order valence-electron chi connectivity index (χ3n) is 4.20. The molecule has 2 rings (SSSR count). The lowest BCUT2D eigenvalue weighted by atomic mass is 9.81. The van der Waals surface area contributed by atoms with Gasteiger partial charge in [-0.3, -0.25) is 0 Å². The van der Waals surface area contributed by atoms with Crippen LogP contribution in [0.15, 0.2) is 18.6 Å². The van der Waals surface area contributed by atoms with E-state index in [0.29, 0.717) is 5.92 Å². The van der Waals surface area contributed by atoms with E-state index in [2.05, 4.69) is 55.2 Å². The van der Waals surface area contributed by atoms with Crippen LogP contribution >= 0.6 is 0 Å². The minimum absolute atomic E-state index is 0.206. The first kappa shape index (κ1) is 15.6. The molecule has 0 amide bonds. The van der Waals surface area contributed by atoms with Crippen LogP contribution in [0.4, 0.5) is 11.6 Å². The quantitative estimate of drug-likeness (QED) is 0.817. The molecule has 0 aliphatic carbocycles. The first-order valence-electron chi connectivity index (χ1n) is 7.75. The number of nitrogens with one attached hydrogen (secondary N) is 2. The van der Waals surface area contributed by atoms with E-state index in [4.69, 9.17) is 0 Å². The van der Waals surface area contributed by atoms with Crippen LogP contribution in [-0.4, -0.2) is 27.5 Å². The smallest absolute Gasteiger partial charge is 0.180 e. The monoisotopic (exact) mass is 289 g/mol. The van der Waals surface area contributed by atoms with Crippen LogP contribution in [-0.2, 0) is 0 Å². The van der Waals surface area contributed by atoms with Crippen molar-refractivity contribution < 1.29 is 0 Å². The number of hydrogen-bond acceptors (Lipinski definition) is 4. The largest absolute Gasteiger partial charge is 0.369 e. The molecule has 5 nitrogen and oxygen atoms in total. The molecule has 2 aromatic rings. The Morgan fingerprint density at radius 3 is 2.71 bits per heavy atom. The van der Waals surface area contributed by atoms with Gasteiger partial charge in [0.2, 0.25) is 0 Å². The summed E-state index contributed by atoms with van der Waals surface area (Å²) in [7, 11) is 0. The lowest BCUT2D eigenvalue weighted by molar-refractivity contribution is 0.269. The molecule has 21 heavy (non-hydrogen) atoms. The van der Waals surface area contributed by atoms with E-state index in [1.54, 1.807) is 6.20 Å². The first-order chi connectivity index (χ1) is 9.94. The molecular formula is C16H27N5. The van der Waals surface area contributed by atoms with Crippen LogP contribution in [0.25, 0.3) is 5.65 Å². The molecule has 0 atom stereocenters. The zero-order valence-corrected chi connectivity index (χ0v) is 13.8. The Morgan fingerprint density at radius 1 is 1.29 bits per heavy atom. The molecule has 0 saturated carbocycles. The average molecular weight is 289 g/mol. The lowest BCUT2D eigenvalue weighted by Crippen LogP contribution is -2.29. The van der Waals surface area contributed by atoms with E-state index in [9.17, 15) is 0 Å². The van der Waals surface area contributed by atoms with Gasteiger partial charge in [-0.25, -0.2) is 9.97 Å². The minimum atomic E-state index is 0.206. The van der Waals surface area contributed by atoms with Gasteiger partial charge in [-0.15, -0.1) is 0 Å². The molecular weight excluding hydrogens is 262 g/mol. The van der Waals surface area contributed by atoms with E-state index in [-0.39, 0.29) is 5.41 Å². The fourth-order valence-corrected chi connectivity index (χ4v) is 1.90. The average Bonchev–Trinajstić information content (AvgIpc) is 2.90. The maximum Gasteiger partial charge on any atom is 0.180 e. The van der Waals surface area contributed by atoms with Gasteiger partial charge in [0.15, 0.2) is 11.5 Å². The molecule has 0 radical (unpaired) electrons. The van der Waals surface area contributed by atoms with Gasteiger partial charge in [0, 0.05) is 25.5 Å². The molecule has 2 heterocycles. The Kier molecular flexibility index (Phi) is 4.70. The van der Waals surface area contributed by atoms with E-state index in [1.807, 2.05) is 16.8 Å². The van der Waals surface area contributed by atoms with Gasteiger partial charge in [-0.2, -0.15) is 0 Å². The molecule has 0 aliphatic heterocycles. The summed E-state index contributed by atoms with van der Waals surface area (Å²) < 4.78 is 2.01. The summed E-state index contributed by atoms with van der Waals surface area (Å²) in [4.78, 5) is 9.06. The number of nitrogens with zero attached hydrogens (tertiary/aromatic N) is 3.